The number of rotatable bonds is 3. The Balaban J connectivity index is 2.09. The van der Waals surface area contributed by atoms with Crippen LogP contribution in [0.2, 0.25) is 0 Å². The van der Waals surface area contributed by atoms with Crippen LogP contribution in [0.3, 0.4) is 0 Å². The van der Waals surface area contributed by atoms with Gasteiger partial charge in [-0.2, -0.15) is 4.98 Å². The van der Waals surface area contributed by atoms with Crippen molar-refractivity contribution < 1.29 is 9.90 Å². The minimum absolute atomic E-state index is 0.0758. The van der Waals surface area contributed by atoms with Crippen molar-refractivity contribution in [3.8, 4) is 5.88 Å². The van der Waals surface area contributed by atoms with E-state index in [0.717, 1.165) is 12.8 Å². The summed E-state index contributed by atoms with van der Waals surface area (Å²) in [5.74, 6) is -0.275. The molecular formula is C9H11N3O2S. The lowest BCUT2D eigenvalue weighted by molar-refractivity contribution is -0.114. The Morgan fingerprint density at radius 3 is 3.07 bits per heavy atom. The van der Waals surface area contributed by atoms with E-state index in [4.69, 9.17) is 0 Å². The van der Waals surface area contributed by atoms with E-state index in [1.54, 1.807) is 6.21 Å². The highest BCUT2D eigenvalue weighted by Crippen LogP contribution is 2.28. The maximum absolute atomic E-state index is 10.8. The molecule has 1 saturated carbocycles. The Kier molecular flexibility index (Phi) is 2.68. The number of thiazole rings is 1. The van der Waals surface area contributed by atoms with Crippen molar-refractivity contribution >= 4 is 28.6 Å². The number of carbonyl (C=O) groups excluding carboxylic acids is 1. The Morgan fingerprint density at radius 2 is 2.47 bits per heavy atom. The summed E-state index contributed by atoms with van der Waals surface area (Å²) in [7, 11) is 0. The lowest BCUT2D eigenvalue weighted by atomic mass is 10.5. The van der Waals surface area contributed by atoms with Crippen LogP contribution in [-0.2, 0) is 4.79 Å². The summed E-state index contributed by atoms with van der Waals surface area (Å²) < 4.78 is 0. The first-order chi connectivity index (χ1) is 7.15. The molecule has 2 rings (SSSR count). The summed E-state index contributed by atoms with van der Waals surface area (Å²) in [5.41, 5.74) is 0. The quantitative estimate of drug-likeness (QED) is 0.763. The minimum atomic E-state index is -0.200. The van der Waals surface area contributed by atoms with E-state index in [1.807, 2.05) is 0 Å². The van der Waals surface area contributed by atoms with Crippen molar-refractivity contribution in [1.29, 1.82) is 0 Å². The van der Waals surface area contributed by atoms with E-state index in [0.29, 0.717) is 16.1 Å². The molecule has 1 aromatic rings. The highest BCUT2D eigenvalue weighted by molar-refractivity contribution is 7.17. The van der Waals surface area contributed by atoms with Crippen LogP contribution in [0.25, 0.3) is 0 Å². The summed E-state index contributed by atoms with van der Waals surface area (Å²) in [6.45, 7) is 1.40. The number of nitrogens with one attached hydrogen (secondary N) is 1. The predicted octanol–water partition coefficient (Wildman–Crippen LogP) is 1.39. The van der Waals surface area contributed by atoms with Gasteiger partial charge in [0.15, 0.2) is 5.13 Å². The zero-order valence-electron chi connectivity index (χ0n) is 8.23. The molecule has 6 heteroatoms. The molecule has 0 saturated heterocycles. The maximum atomic E-state index is 10.8. The number of amides is 1. The molecule has 1 aliphatic carbocycles. The van der Waals surface area contributed by atoms with Gasteiger partial charge in [0.2, 0.25) is 11.8 Å². The minimum Gasteiger partial charge on any atom is -0.492 e. The summed E-state index contributed by atoms with van der Waals surface area (Å²) >= 11 is 1.22. The summed E-state index contributed by atoms with van der Waals surface area (Å²) in [6, 6.07) is 0.413. The van der Waals surface area contributed by atoms with Gasteiger partial charge >= 0.3 is 0 Å². The zero-order chi connectivity index (χ0) is 10.8. The van der Waals surface area contributed by atoms with E-state index in [2.05, 4.69) is 15.3 Å². The third-order valence-corrected chi connectivity index (χ3v) is 2.76. The van der Waals surface area contributed by atoms with Crippen molar-refractivity contribution in [3.63, 3.8) is 0 Å². The first kappa shape index (κ1) is 10.1. The van der Waals surface area contributed by atoms with Crippen LogP contribution in [0.4, 0.5) is 5.13 Å². The van der Waals surface area contributed by atoms with Crippen molar-refractivity contribution in [2.75, 3.05) is 5.32 Å². The molecule has 1 amide bonds. The lowest BCUT2D eigenvalue weighted by Crippen LogP contribution is -2.04. The molecular weight excluding hydrogens is 214 g/mol. The molecule has 0 aromatic carbocycles. The third kappa shape index (κ3) is 2.76. The van der Waals surface area contributed by atoms with Crippen LogP contribution in [0, 0.1) is 0 Å². The van der Waals surface area contributed by atoms with Gasteiger partial charge in [0, 0.05) is 13.1 Å². The highest BCUT2D eigenvalue weighted by atomic mass is 32.1. The second kappa shape index (κ2) is 3.98. The van der Waals surface area contributed by atoms with Gasteiger partial charge in [0.05, 0.1) is 6.04 Å². The molecule has 1 aromatic heterocycles. The molecule has 1 heterocycles. The van der Waals surface area contributed by atoms with E-state index in [9.17, 15) is 9.90 Å². The van der Waals surface area contributed by atoms with Crippen LogP contribution in [0.5, 0.6) is 5.88 Å². The second-order valence-corrected chi connectivity index (χ2v) is 4.43. The SMILES string of the molecule is CC(=O)Nc1nc(O)c(C=NC2CC2)s1. The highest BCUT2D eigenvalue weighted by Gasteiger charge is 2.19. The summed E-state index contributed by atoms with van der Waals surface area (Å²) in [6.07, 6.45) is 3.86. The number of hydrogen-bond acceptors (Lipinski definition) is 5. The molecule has 2 N–H and O–H groups in total. The number of carbonyl (C=O) groups is 1. The van der Waals surface area contributed by atoms with Crippen LogP contribution >= 0.6 is 11.3 Å². The molecule has 1 fully saturated rings. The molecule has 1 aliphatic rings. The van der Waals surface area contributed by atoms with Crippen LogP contribution < -0.4 is 5.32 Å². The third-order valence-electron chi connectivity index (χ3n) is 1.87. The van der Waals surface area contributed by atoms with E-state index in [1.165, 1.54) is 18.3 Å². The van der Waals surface area contributed by atoms with Gasteiger partial charge in [-0.25, -0.2) is 0 Å². The number of hydrogen-bond donors (Lipinski definition) is 2. The van der Waals surface area contributed by atoms with Gasteiger partial charge in [-0.1, -0.05) is 11.3 Å². The van der Waals surface area contributed by atoms with Gasteiger partial charge in [-0.3, -0.25) is 9.79 Å². The van der Waals surface area contributed by atoms with Crippen LogP contribution in [0.1, 0.15) is 24.6 Å². The van der Waals surface area contributed by atoms with Gasteiger partial charge in [-0.15, -0.1) is 0 Å². The monoisotopic (exact) mass is 225 g/mol. The topological polar surface area (TPSA) is 74.6 Å². The molecule has 0 bridgehead atoms. The zero-order valence-corrected chi connectivity index (χ0v) is 9.04. The van der Waals surface area contributed by atoms with E-state index >= 15 is 0 Å². The second-order valence-electron chi connectivity index (χ2n) is 3.40. The average Bonchev–Trinajstić information content (AvgIpc) is 2.89. The molecule has 80 valence electrons. The smallest absolute Gasteiger partial charge is 0.233 e. The number of anilines is 1. The fourth-order valence-electron chi connectivity index (χ4n) is 1.01. The molecule has 0 radical (unpaired) electrons. The van der Waals surface area contributed by atoms with E-state index < -0.39 is 0 Å². The number of nitrogens with zero attached hydrogens (tertiary/aromatic N) is 2. The Bertz CT molecular complexity index is 409. The standard InChI is InChI=1S/C9H11N3O2S/c1-5(13)11-9-12-8(14)7(15-9)4-10-6-2-3-6/h4,6,14H,2-3H2,1H3,(H,11,12,13). The Morgan fingerprint density at radius 1 is 1.73 bits per heavy atom. The Labute approximate surface area is 90.9 Å². The van der Waals surface area contributed by atoms with Crippen LogP contribution in [0.15, 0.2) is 4.99 Å². The molecule has 5 nitrogen and oxygen atoms in total. The molecule has 0 aliphatic heterocycles. The van der Waals surface area contributed by atoms with Gasteiger partial charge in [0.1, 0.15) is 4.88 Å². The first-order valence-corrected chi connectivity index (χ1v) is 5.47. The molecule has 0 unspecified atom stereocenters. The van der Waals surface area contributed by atoms with Crippen molar-refractivity contribution in [2.45, 2.75) is 25.8 Å². The predicted molar refractivity (Wildman–Crippen MR) is 58.7 cm³/mol. The van der Waals surface area contributed by atoms with E-state index in [-0.39, 0.29) is 11.8 Å². The van der Waals surface area contributed by atoms with Crippen molar-refractivity contribution in [1.82, 2.24) is 4.98 Å². The average molecular weight is 225 g/mol. The summed E-state index contributed by atoms with van der Waals surface area (Å²) in [4.78, 5) is 19.4. The van der Waals surface area contributed by atoms with Crippen molar-refractivity contribution in [3.05, 3.63) is 4.88 Å². The number of aromatic nitrogens is 1. The van der Waals surface area contributed by atoms with Crippen molar-refractivity contribution in [2.24, 2.45) is 4.99 Å². The Hall–Kier alpha value is -1.43. The normalized spacial score (nSPS) is 15.8. The first-order valence-electron chi connectivity index (χ1n) is 4.65. The largest absolute Gasteiger partial charge is 0.492 e. The number of aromatic hydroxyl groups is 1. The molecule has 0 spiro atoms. The molecule has 0 atom stereocenters. The summed E-state index contributed by atoms with van der Waals surface area (Å²) in [5, 5.41) is 12.4. The number of aliphatic imine (C=N–C) groups is 1. The van der Waals surface area contributed by atoms with Gasteiger partial charge in [0.25, 0.3) is 0 Å². The maximum Gasteiger partial charge on any atom is 0.233 e. The van der Waals surface area contributed by atoms with Gasteiger partial charge < -0.3 is 10.4 Å². The fourth-order valence-corrected chi connectivity index (χ4v) is 1.79. The lowest BCUT2D eigenvalue weighted by Gasteiger charge is -1.91. The van der Waals surface area contributed by atoms with Gasteiger partial charge in [-0.05, 0) is 12.8 Å². The fraction of sp³-hybridized carbons (Fsp3) is 0.444. The molecule has 15 heavy (non-hydrogen) atoms. The van der Waals surface area contributed by atoms with Crippen LogP contribution in [-0.4, -0.2) is 28.3 Å².